The molecule has 2 rings (SSSR count). The minimum atomic E-state index is -4.27. The van der Waals surface area contributed by atoms with Crippen LogP contribution < -0.4 is 10.1 Å². The predicted octanol–water partition coefficient (Wildman–Crippen LogP) is 2.37. The first kappa shape index (κ1) is 19.7. The van der Waals surface area contributed by atoms with E-state index in [2.05, 4.69) is 5.32 Å². The number of hydrogen-bond acceptors (Lipinski definition) is 4. The van der Waals surface area contributed by atoms with Crippen molar-refractivity contribution >= 4 is 21.6 Å². The molecule has 0 aromatic heterocycles. The van der Waals surface area contributed by atoms with Gasteiger partial charge in [0.25, 0.3) is 0 Å². The highest BCUT2D eigenvalue weighted by Crippen LogP contribution is 2.27. The molecule has 0 saturated carbocycles. The molecule has 2 aromatic rings. The lowest BCUT2D eigenvalue weighted by Gasteiger charge is -2.18. The molecule has 0 aliphatic carbocycles. The van der Waals surface area contributed by atoms with E-state index in [9.17, 15) is 26.4 Å². The van der Waals surface area contributed by atoms with Crippen molar-refractivity contribution in [3.05, 3.63) is 53.8 Å². The number of carbonyl (C=O) groups excluding carboxylic acids is 1. The van der Waals surface area contributed by atoms with Crippen LogP contribution in [-0.4, -0.2) is 39.3 Å². The van der Waals surface area contributed by atoms with Gasteiger partial charge in [0.2, 0.25) is 15.9 Å². The molecule has 0 spiro atoms. The van der Waals surface area contributed by atoms with E-state index in [1.54, 1.807) is 0 Å². The lowest BCUT2D eigenvalue weighted by Crippen LogP contribution is -2.35. The Morgan fingerprint density at radius 1 is 1.12 bits per heavy atom. The number of carbonyl (C=O) groups is 1. The minimum absolute atomic E-state index is 0.102. The summed E-state index contributed by atoms with van der Waals surface area (Å²) in [5, 5.41) is 2.08. The molecule has 0 radical (unpaired) electrons. The number of nitrogens with one attached hydrogen (secondary N) is 1. The molecule has 0 saturated heterocycles. The van der Waals surface area contributed by atoms with Gasteiger partial charge < -0.3 is 10.1 Å². The highest BCUT2D eigenvalue weighted by atomic mass is 32.2. The third-order valence-electron chi connectivity index (χ3n) is 3.38. The molecule has 1 N–H and O–H groups in total. The number of likely N-dealkylation sites (N-methyl/N-ethyl adjacent to an activating group) is 1. The summed E-state index contributed by atoms with van der Waals surface area (Å²) in [6.07, 6.45) is 0. The lowest BCUT2D eigenvalue weighted by atomic mass is 10.3. The normalized spacial score (nSPS) is 11.5. The van der Waals surface area contributed by atoms with E-state index >= 15 is 0 Å². The zero-order valence-corrected chi connectivity index (χ0v) is 14.6. The summed E-state index contributed by atoms with van der Waals surface area (Å²) >= 11 is 0. The van der Waals surface area contributed by atoms with Crippen LogP contribution >= 0.6 is 0 Å². The lowest BCUT2D eigenvalue weighted by molar-refractivity contribution is -0.116. The summed E-state index contributed by atoms with van der Waals surface area (Å²) in [6.45, 7) is -0.710. The average molecular weight is 388 g/mol. The Balaban J connectivity index is 2.20. The molecule has 0 aliphatic heterocycles. The fourth-order valence-corrected chi connectivity index (χ4v) is 3.38. The second-order valence-electron chi connectivity index (χ2n) is 5.23. The number of nitrogens with zero attached hydrogens (tertiary/aromatic N) is 1. The second-order valence-corrected chi connectivity index (χ2v) is 7.24. The average Bonchev–Trinajstić information content (AvgIpc) is 2.58. The zero-order valence-electron chi connectivity index (χ0n) is 13.8. The number of amides is 1. The van der Waals surface area contributed by atoms with E-state index in [0.717, 1.165) is 43.4 Å². The van der Waals surface area contributed by atoms with Crippen LogP contribution in [0.5, 0.6) is 5.75 Å². The molecule has 6 nitrogen and oxygen atoms in total. The summed E-state index contributed by atoms with van der Waals surface area (Å²) < 4.78 is 70.7. The van der Waals surface area contributed by atoms with Crippen molar-refractivity contribution in [1.82, 2.24) is 4.31 Å². The molecule has 0 heterocycles. The van der Waals surface area contributed by atoms with Gasteiger partial charge in [-0.3, -0.25) is 4.79 Å². The molecule has 10 heteroatoms. The maximum atomic E-state index is 13.5. The molecule has 0 unspecified atom stereocenters. The van der Waals surface area contributed by atoms with Crippen LogP contribution in [0, 0.1) is 17.5 Å². The van der Waals surface area contributed by atoms with Crippen molar-refractivity contribution < 1.29 is 31.1 Å². The van der Waals surface area contributed by atoms with E-state index < -0.39 is 50.5 Å². The summed E-state index contributed by atoms with van der Waals surface area (Å²) in [7, 11) is -1.97. The van der Waals surface area contributed by atoms with Gasteiger partial charge in [-0.15, -0.1) is 0 Å². The van der Waals surface area contributed by atoms with E-state index in [1.807, 2.05) is 0 Å². The van der Waals surface area contributed by atoms with Gasteiger partial charge in [-0.1, -0.05) is 0 Å². The molecule has 0 bridgehead atoms. The number of methoxy groups -OCH3 is 1. The molecule has 140 valence electrons. The topological polar surface area (TPSA) is 75.7 Å². The number of sulfonamides is 1. The molecule has 1 amide bonds. The predicted molar refractivity (Wildman–Crippen MR) is 87.8 cm³/mol. The molecule has 26 heavy (non-hydrogen) atoms. The van der Waals surface area contributed by atoms with Crippen LogP contribution in [0.15, 0.2) is 41.3 Å². The largest absolute Gasteiger partial charge is 0.495 e. The van der Waals surface area contributed by atoms with Gasteiger partial charge in [0, 0.05) is 13.1 Å². The molecule has 0 aliphatic rings. The number of halogens is 3. The fraction of sp³-hybridized carbons (Fsp3) is 0.188. The van der Waals surface area contributed by atoms with Crippen LogP contribution in [0.1, 0.15) is 0 Å². The highest BCUT2D eigenvalue weighted by molar-refractivity contribution is 7.89. The van der Waals surface area contributed by atoms with Crippen LogP contribution in [0.3, 0.4) is 0 Å². The number of rotatable bonds is 6. The monoisotopic (exact) mass is 388 g/mol. The first-order valence-electron chi connectivity index (χ1n) is 7.20. The Kier molecular flexibility index (Phi) is 5.88. The summed E-state index contributed by atoms with van der Waals surface area (Å²) in [5.74, 6) is -3.46. The number of hydrogen-bond donors (Lipinski definition) is 1. The highest BCUT2D eigenvalue weighted by Gasteiger charge is 2.27. The van der Waals surface area contributed by atoms with E-state index in [4.69, 9.17) is 4.74 Å². The van der Waals surface area contributed by atoms with E-state index in [-0.39, 0.29) is 5.75 Å². The minimum Gasteiger partial charge on any atom is -0.495 e. The molecular formula is C16H15F3N2O4S. The zero-order chi connectivity index (χ0) is 19.5. The SMILES string of the molecule is COc1ccc(F)cc1S(=O)(=O)N(C)CC(=O)Nc1cc(F)ccc1F. The van der Waals surface area contributed by atoms with Gasteiger partial charge in [-0.25, -0.2) is 21.6 Å². The smallest absolute Gasteiger partial charge is 0.247 e. The number of benzene rings is 2. The van der Waals surface area contributed by atoms with Crippen molar-refractivity contribution in [3.63, 3.8) is 0 Å². The van der Waals surface area contributed by atoms with Crippen LogP contribution in [-0.2, 0) is 14.8 Å². The first-order valence-corrected chi connectivity index (χ1v) is 8.64. The Bertz CT molecular complexity index is 935. The van der Waals surface area contributed by atoms with Gasteiger partial charge >= 0.3 is 0 Å². The van der Waals surface area contributed by atoms with Crippen molar-refractivity contribution in [2.45, 2.75) is 4.90 Å². The van der Waals surface area contributed by atoms with Crippen molar-refractivity contribution in [1.29, 1.82) is 0 Å². The van der Waals surface area contributed by atoms with Gasteiger partial charge in [-0.2, -0.15) is 4.31 Å². The molecule has 0 atom stereocenters. The number of ether oxygens (including phenoxy) is 1. The van der Waals surface area contributed by atoms with Crippen molar-refractivity contribution in [3.8, 4) is 5.75 Å². The Morgan fingerprint density at radius 2 is 1.73 bits per heavy atom. The Morgan fingerprint density at radius 3 is 2.38 bits per heavy atom. The van der Waals surface area contributed by atoms with Gasteiger partial charge in [0.15, 0.2) is 0 Å². The molecular weight excluding hydrogens is 373 g/mol. The van der Waals surface area contributed by atoms with E-state index in [0.29, 0.717) is 4.31 Å². The third kappa shape index (κ3) is 4.33. The summed E-state index contributed by atoms with van der Waals surface area (Å²) in [5.41, 5.74) is -0.427. The second kappa shape index (κ2) is 7.75. The summed E-state index contributed by atoms with van der Waals surface area (Å²) in [4.78, 5) is 11.5. The van der Waals surface area contributed by atoms with Crippen molar-refractivity contribution in [2.75, 3.05) is 26.0 Å². The third-order valence-corrected chi connectivity index (χ3v) is 5.21. The maximum absolute atomic E-state index is 13.5. The summed E-state index contributed by atoms with van der Waals surface area (Å²) in [6, 6.07) is 5.38. The standard InChI is InChI=1S/C16H15F3N2O4S/c1-21(9-16(22)20-13-7-10(17)3-5-12(13)19)26(23,24)15-8-11(18)4-6-14(15)25-2/h3-8H,9H2,1-2H3,(H,20,22). The van der Waals surface area contributed by atoms with Gasteiger partial charge in [0.1, 0.15) is 28.1 Å². The Labute approximate surface area is 148 Å². The van der Waals surface area contributed by atoms with Gasteiger partial charge in [-0.05, 0) is 30.3 Å². The van der Waals surface area contributed by atoms with Gasteiger partial charge in [0.05, 0.1) is 19.3 Å². The van der Waals surface area contributed by atoms with Crippen LogP contribution in [0.25, 0.3) is 0 Å². The van der Waals surface area contributed by atoms with Crippen molar-refractivity contribution in [2.24, 2.45) is 0 Å². The van der Waals surface area contributed by atoms with Crippen LogP contribution in [0.2, 0.25) is 0 Å². The quantitative estimate of drug-likeness (QED) is 0.825. The van der Waals surface area contributed by atoms with Crippen LogP contribution in [0.4, 0.5) is 18.9 Å². The molecule has 0 fully saturated rings. The molecule has 2 aromatic carbocycles. The van der Waals surface area contributed by atoms with E-state index in [1.165, 1.54) is 7.11 Å². The Hall–Kier alpha value is -2.59. The fourth-order valence-electron chi connectivity index (χ4n) is 2.09. The number of anilines is 1. The maximum Gasteiger partial charge on any atom is 0.247 e. The first-order chi connectivity index (χ1) is 12.1.